The third-order valence-corrected chi connectivity index (χ3v) is 10.5. The van der Waals surface area contributed by atoms with Crippen LogP contribution in [0.5, 0.6) is 0 Å². The summed E-state index contributed by atoms with van der Waals surface area (Å²) in [5.41, 5.74) is -6.14. The monoisotopic (exact) mass is 840 g/mol. The first-order chi connectivity index (χ1) is 27.9. The first-order valence-corrected chi connectivity index (χ1v) is 19.4. The molecule has 4 N–H and O–H groups in total. The second-order valence-corrected chi connectivity index (χ2v) is 14.6. The van der Waals surface area contributed by atoms with Crippen molar-refractivity contribution in [3.63, 3.8) is 0 Å². The van der Waals surface area contributed by atoms with Gasteiger partial charge in [-0.2, -0.15) is 26.3 Å². The predicted molar refractivity (Wildman–Crippen MR) is 202 cm³/mol. The van der Waals surface area contributed by atoms with Gasteiger partial charge in [0.25, 0.3) is 5.83 Å². The highest BCUT2D eigenvalue weighted by Gasteiger charge is 2.67. The van der Waals surface area contributed by atoms with Crippen LogP contribution in [0.15, 0.2) is 90.7 Å². The molecule has 4 rings (SSSR count). The minimum atomic E-state index is -5.91. The van der Waals surface area contributed by atoms with Gasteiger partial charge in [0.1, 0.15) is 11.2 Å². The summed E-state index contributed by atoms with van der Waals surface area (Å²) in [6.45, 7) is 1.77. The van der Waals surface area contributed by atoms with E-state index >= 15 is 17.6 Å². The van der Waals surface area contributed by atoms with E-state index in [1.54, 1.807) is 30.3 Å². The second kappa shape index (κ2) is 20.7. The fraction of sp³-hybridized carbons (Fsp3) is 0.488. The molecule has 1 aliphatic rings. The summed E-state index contributed by atoms with van der Waals surface area (Å²) >= 11 is 0. The normalized spacial score (nSPS) is 22.8. The van der Waals surface area contributed by atoms with Gasteiger partial charge in [0.05, 0.1) is 30.4 Å². The molecule has 0 saturated carbocycles. The van der Waals surface area contributed by atoms with Crippen LogP contribution in [0, 0.1) is 0 Å². The van der Waals surface area contributed by atoms with Gasteiger partial charge >= 0.3 is 30.0 Å². The highest BCUT2D eigenvalue weighted by molar-refractivity contribution is 5.90. The van der Waals surface area contributed by atoms with Crippen LogP contribution in [0.25, 0.3) is 0 Å². The van der Waals surface area contributed by atoms with Crippen LogP contribution in [0.2, 0.25) is 0 Å². The number of benzene rings is 3. The van der Waals surface area contributed by atoms with Crippen LogP contribution in [0.4, 0.5) is 26.3 Å². The van der Waals surface area contributed by atoms with Crippen molar-refractivity contribution in [2.24, 2.45) is 0 Å². The van der Waals surface area contributed by atoms with Crippen molar-refractivity contribution in [2.75, 3.05) is 6.61 Å². The van der Waals surface area contributed by atoms with Gasteiger partial charge in [0.2, 0.25) is 6.29 Å². The van der Waals surface area contributed by atoms with E-state index in [0.717, 1.165) is 39.0 Å². The first kappa shape index (κ1) is 47.2. The molecule has 0 aromatic heterocycles. The number of aliphatic hydroxyl groups is 2. The number of rotatable bonds is 23. The fourth-order valence-corrected chi connectivity index (χ4v) is 7.10. The molecule has 10 nitrogen and oxygen atoms in total. The summed E-state index contributed by atoms with van der Waals surface area (Å²) in [6.07, 6.45) is -7.93. The number of carboxylic acids is 2. The van der Waals surface area contributed by atoms with E-state index < -0.39 is 91.6 Å². The quantitative estimate of drug-likeness (QED) is 0.0413. The van der Waals surface area contributed by atoms with Gasteiger partial charge < -0.3 is 39.4 Å². The Balaban J connectivity index is 1.74. The van der Waals surface area contributed by atoms with E-state index in [2.05, 4.69) is 4.74 Å². The number of carbonyl (C=O) groups is 2. The van der Waals surface area contributed by atoms with E-state index in [4.69, 9.17) is 14.2 Å². The zero-order valence-electron chi connectivity index (χ0n) is 32.7. The molecule has 0 amide bonds. The molecule has 0 spiro atoms. The second-order valence-electron chi connectivity index (χ2n) is 14.6. The lowest BCUT2D eigenvalue weighted by molar-refractivity contribution is -0.366. The van der Waals surface area contributed by atoms with Crippen LogP contribution < -0.4 is 0 Å². The van der Waals surface area contributed by atoms with E-state index in [1.165, 1.54) is 48.5 Å². The lowest BCUT2D eigenvalue weighted by Gasteiger charge is -2.56. The Morgan fingerprint density at radius 1 is 0.729 bits per heavy atom. The zero-order valence-corrected chi connectivity index (χ0v) is 32.7. The molecule has 1 heterocycles. The maximum Gasteiger partial charge on any atom is 0.426 e. The fourth-order valence-electron chi connectivity index (χ4n) is 7.10. The average molecular weight is 841 g/mol. The minimum Gasteiger partial charge on any atom is -0.478 e. The highest BCUT2D eigenvalue weighted by Crippen LogP contribution is 2.48. The Labute approximate surface area is 338 Å². The number of hydrogen-bond donors (Lipinski definition) is 4. The number of hydrogen-bond acceptors (Lipinski definition) is 8. The Morgan fingerprint density at radius 3 is 1.76 bits per heavy atom. The number of carboxylic acid groups (broad SMARTS) is 2. The Morgan fingerprint density at radius 2 is 1.22 bits per heavy atom. The zero-order chi connectivity index (χ0) is 43.4. The lowest BCUT2D eigenvalue weighted by Crippen LogP contribution is -2.75. The lowest BCUT2D eigenvalue weighted by atomic mass is 9.66. The van der Waals surface area contributed by atoms with Gasteiger partial charge in [0.15, 0.2) is 6.10 Å². The summed E-state index contributed by atoms with van der Waals surface area (Å²) in [6, 6.07) is 15.6. The summed E-state index contributed by atoms with van der Waals surface area (Å²) in [5.74, 6) is -12.2. The van der Waals surface area contributed by atoms with Crippen LogP contribution in [0.3, 0.4) is 0 Å². The molecule has 0 aliphatic carbocycles. The molecule has 1 fully saturated rings. The average Bonchev–Trinajstić information content (AvgIpc) is 3.19. The van der Waals surface area contributed by atoms with Crippen molar-refractivity contribution < 1.29 is 75.3 Å². The van der Waals surface area contributed by atoms with Crippen molar-refractivity contribution in [1.29, 1.82) is 0 Å². The Hall–Kier alpha value is -4.48. The van der Waals surface area contributed by atoms with Crippen LogP contribution in [0.1, 0.15) is 103 Å². The number of ether oxygens (including phenoxy) is 4. The SMILES string of the molecule is CCCCCCCCCCOC(F)(F)C(F)(F)/C(F)=C(/F)O[C@H]1O[C@H](C)[C@@](O)(Cc2ccccc2C(=O)O)[C@@](O)(Cc2ccccc2C(=O)O)[C@H]1OCc1ccccc1. The van der Waals surface area contributed by atoms with E-state index in [0.29, 0.717) is 18.4 Å². The molecule has 0 bridgehead atoms. The minimum absolute atomic E-state index is 0.0541. The number of halogens is 6. The topological polar surface area (TPSA) is 152 Å². The molecule has 5 atom stereocenters. The van der Waals surface area contributed by atoms with Gasteiger partial charge in [-0.1, -0.05) is 119 Å². The van der Waals surface area contributed by atoms with E-state index in [1.807, 2.05) is 6.92 Å². The standard InChI is InChI=1S/C43H50F6O10/c1-3-4-5-6-7-8-9-17-24-57-43(48,49)42(46,47)34(44)36(45)59-39-35(56-27-29-18-11-10-12-19-29)41(55,26-31-21-14-16-23-33(31)38(52)53)40(54,28(2)58-39)25-30-20-13-15-22-32(30)37(50)51/h10-16,18-23,28,35,39,54-55H,3-9,17,24-27H2,1-2H3,(H,50,51)(H,52,53)/b36-34+/t28-,35+,39-,40+,41-/m1/s1. The highest BCUT2D eigenvalue weighted by atomic mass is 19.3. The molecular weight excluding hydrogens is 790 g/mol. The molecule has 59 heavy (non-hydrogen) atoms. The summed E-state index contributed by atoms with van der Waals surface area (Å²) in [4.78, 5) is 24.5. The van der Waals surface area contributed by atoms with Crippen molar-refractivity contribution in [3.05, 3.63) is 119 Å². The third-order valence-electron chi connectivity index (χ3n) is 10.5. The van der Waals surface area contributed by atoms with Crippen LogP contribution in [-0.2, 0) is 38.4 Å². The first-order valence-electron chi connectivity index (χ1n) is 19.4. The van der Waals surface area contributed by atoms with Gasteiger partial charge in [-0.05, 0) is 42.2 Å². The molecule has 324 valence electrons. The Bertz CT molecular complexity index is 1880. The number of unbranched alkanes of at least 4 members (excludes halogenated alkanes) is 7. The largest absolute Gasteiger partial charge is 0.478 e. The van der Waals surface area contributed by atoms with Gasteiger partial charge in [-0.25, -0.2) is 9.59 Å². The van der Waals surface area contributed by atoms with E-state index in [-0.39, 0.29) is 28.7 Å². The van der Waals surface area contributed by atoms with Crippen molar-refractivity contribution in [2.45, 2.75) is 126 Å². The maximum atomic E-state index is 15.6. The van der Waals surface area contributed by atoms with Crippen LogP contribution >= 0.6 is 0 Å². The van der Waals surface area contributed by atoms with Crippen molar-refractivity contribution in [3.8, 4) is 0 Å². The smallest absolute Gasteiger partial charge is 0.426 e. The molecular formula is C43H50F6O10. The van der Waals surface area contributed by atoms with Gasteiger partial charge in [-0.3, -0.25) is 0 Å². The molecule has 3 aromatic rings. The molecule has 16 heteroatoms. The van der Waals surface area contributed by atoms with Gasteiger partial charge in [0, 0.05) is 12.8 Å². The molecule has 1 saturated heterocycles. The third kappa shape index (κ3) is 11.2. The summed E-state index contributed by atoms with van der Waals surface area (Å²) in [5, 5.41) is 45.4. The predicted octanol–water partition coefficient (Wildman–Crippen LogP) is 9.17. The molecule has 0 radical (unpaired) electrons. The van der Waals surface area contributed by atoms with Crippen LogP contribution in [-0.4, -0.2) is 80.7 Å². The number of aromatic carboxylic acids is 2. The summed E-state index contributed by atoms with van der Waals surface area (Å²) in [7, 11) is 0. The molecule has 3 aromatic carbocycles. The maximum absolute atomic E-state index is 15.6. The Kier molecular flexibility index (Phi) is 16.5. The van der Waals surface area contributed by atoms with Crippen molar-refractivity contribution in [1.82, 2.24) is 0 Å². The molecule has 1 aliphatic heterocycles. The summed E-state index contributed by atoms with van der Waals surface area (Å²) < 4.78 is 111. The van der Waals surface area contributed by atoms with E-state index in [9.17, 15) is 38.8 Å². The molecule has 0 unspecified atom stereocenters. The van der Waals surface area contributed by atoms with Gasteiger partial charge in [-0.15, -0.1) is 0 Å². The van der Waals surface area contributed by atoms with Crippen molar-refractivity contribution >= 4 is 11.9 Å². The number of alkyl halides is 4.